The SMILES string of the molecule is CCNC(=O)C1Cc2ccccc2N1C(C)=O. The van der Waals surface area contributed by atoms with Crippen molar-refractivity contribution in [3.05, 3.63) is 29.8 Å². The minimum absolute atomic E-state index is 0.0844. The zero-order valence-electron chi connectivity index (χ0n) is 10.1. The maximum absolute atomic E-state index is 11.9. The first-order chi connectivity index (χ1) is 8.15. The molecule has 0 saturated carbocycles. The van der Waals surface area contributed by atoms with Crippen LogP contribution in [0, 0.1) is 0 Å². The van der Waals surface area contributed by atoms with Gasteiger partial charge in [-0.2, -0.15) is 0 Å². The van der Waals surface area contributed by atoms with Crippen molar-refractivity contribution < 1.29 is 9.59 Å². The molecule has 1 unspecified atom stereocenters. The van der Waals surface area contributed by atoms with Gasteiger partial charge in [0.1, 0.15) is 6.04 Å². The first-order valence-corrected chi connectivity index (χ1v) is 5.80. The molecule has 1 N–H and O–H groups in total. The normalized spacial score (nSPS) is 17.8. The number of amides is 2. The van der Waals surface area contributed by atoms with Crippen LogP contribution in [0.2, 0.25) is 0 Å². The number of carbonyl (C=O) groups is 2. The Balaban J connectivity index is 2.33. The zero-order chi connectivity index (χ0) is 12.4. The molecule has 1 aliphatic rings. The number of carbonyl (C=O) groups excluding carboxylic acids is 2. The molecule has 1 aromatic carbocycles. The van der Waals surface area contributed by atoms with Crippen molar-refractivity contribution in [2.45, 2.75) is 26.3 Å². The fourth-order valence-electron chi connectivity index (χ4n) is 2.28. The van der Waals surface area contributed by atoms with Gasteiger partial charge in [0.15, 0.2) is 0 Å². The lowest BCUT2D eigenvalue weighted by Crippen LogP contribution is -2.47. The second-order valence-corrected chi connectivity index (χ2v) is 4.13. The summed E-state index contributed by atoms with van der Waals surface area (Å²) in [5, 5.41) is 2.77. The number of para-hydroxylation sites is 1. The van der Waals surface area contributed by atoms with Gasteiger partial charge in [0, 0.05) is 25.6 Å². The van der Waals surface area contributed by atoms with Gasteiger partial charge in [-0.1, -0.05) is 18.2 Å². The Labute approximate surface area is 101 Å². The predicted octanol–water partition coefficient (Wildman–Crippen LogP) is 1.10. The summed E-state index contributed by atoms with van der Waals surface area (Å²) in [5.74, 6) is -0.176. The molecular formula is C13H16N2O2. The molecule has 0 aromatic heterocycles. The lowest BCUT2D eigenvalue weighted by molar-refractivity contribution is -0.125. The fraction of sp³-hybridized carbons (Fsp3) is 0.385. The van der Waals surface area contributed by atoms with E-state index in [0.717, 1.165) is 11.3 Å². The van der Waals surface area contributed by atoms with Gasteiger partial charge in [-0.15, -0.1) is 0 Å². The molecular weight excluding hydrogens is 216 g/mol. The lowest BCUT2D eigenvalue weighted by atomic mass is 10.1. The maximum atomic E-state index is 11.9. The second kappa shape index (κ2) is 4.57. The first-order valence-electron chi connectivity index (χ1n) is 5.80. The Bertz CT molecular complexity index is 456. The Kier molecular flexibility index (Phi) is 3.13. The minimum atomic E-state index is -0.398. The maximum Gasteiger partial charge on any atom is 0.243 e. The molecule has 1 atom stereocenters. The van der Waals surface area contributed by atoms with Crippen LogP contribution >= 0.6 is 0 Å². The number of nitrogens with zero attached hydrogens (tertiary/aromatic N) is 1. The molecule has 4 heteroatoms. The quantitative estimate of drug-likeness (QED) is 0.830. The van der Waals surface area contributed by atoms with Crippen LogP contribution in [0.4, 0.5) is 5.69 Å². The van der Waals surface area contributed by atoms with E-state index in [0.29, 0.717) is 13.0 Å². The molecule has 0 spiro atoms. The molecule has 1 heterocycles. The van der Waals surface area contributed by atoms with Gasteiger partial charge in [0.05, 0.1) is 0 Å². The van der Waals surface area contributed by atoms with Crippen LogP contribution in [0.3, 0.4) is 0 Å². The highest BCUT2D eigenvalue weighted by Crippen LogP contribution is 2.31. The number of hydrogen-bond donors (Lipinski definition) is 1. The predicted molar refractivity (Wildman–Crippen MR) is 65.8 cm³/mol. The van der Waals surface area contributed by atoms with Gasteiger partial charge in [-0.3, -0.25) is 14.5 Å². The summed E-state index contributed by atoms with van der Waals surface area (Å²) in [5.41, 5.74) is 1.91. The summed E-state index contributed by atoms with van der Waals surface area (Å²) in [4.78, 5) is 25.2. The van der Waals surface area contributed by atoms with Crippen molar-refractivity contribution in [1.82, 2.24) is 5.32 Å². The van der Waals surface area contributed by atoms with Gasteiger partial charge in [-0.25, -0.2) is 0 Å². The number of rotatable bonds is 2. The molecule has 4 nitrogen and oxygen atoms in total. The van der Waals surface area contributed by atoms with Crippen LogP contribution in [-0.4, -0.2) is 24.4 Å². The van der Waals surface area contributed by atoms with Gasteiger partial charge in [0.2, 0.25) is 11.8 Å². The summed E-state index contributed by atoms with van der Waals surface area (Å²) in [7, 11) is 0. The lowest BCUT2D eigenvalue weighted by Gasteiger charge is -2.23. The van der Waals surface area contributed by atoms with Crippen molar-refractivity contribution in [3.63, 3.8) is 0 Å². The van der Waals surface area contributed by atoms with E-state index in [1.807, 2.05) is 31.2 Å². The zero-order valence-corrected chi connectivity index (χ0v) is 10.1. The molecule has 17 heavy (non-hydrogen) atoms. The first kappa shape index (κ1) is 11.6. The summed E-state index contributed by atoms with van der Waals surface area (Å²) in [6, 6.07) is 7.26. The highest BCUT2D eigenvalue weighted by atomic mass is 16.2. The third-order valence-electron chi connectivity index (χ3n) is 2.97. The fourth-order valence-corrected chi connectivity index (χ4v) is 2.28. The van der Waals surface area contributed by atoms with Gasteiger partial charge < -0.3 is 5.32 Å². The smallest absolute Gasteiger partial charge is 0.243 e. The molecule has 0 radical (unpaired) electrons. The number of fused-ring (bicyclic) bond motifs is 1. The van der Waals surface area contributed by atoms with Crippen LogP contribution in [0.5, 0.6) is 0 Å². The Morgan fingerprint density at radius 3 is 2.76 bits per heavy atom. The minimum Gasteiger partial charge on any atom is -0.355 e. The van der Waals surface area contributed by atoms with Gasteiger partial charge in [-0.05, 0) is 18.6 Å². The average molecular weight is 232 g/mol. The number of benzene rings is 1. The van der Waals surface area contributed by atoms with E-state index in [1.165, 1.54) is 6.92 Å². The molecule has 1 aliphatic heterocycles. The van der Waals surface area contributed by atoms with Crippen LogP contribution in [0.25, 0.3) is 0 Å². The third kappa shape index (κ3) is 2.02. The van der Waals surface area contributed by atoms with E-state index in [-0.39, 0.29) is 11.8 Å². The Morgan fingerprint density at radius 1 is 1.41 bits per heavy atom. The van der Waals surface area contributed by atoms with Crippen molar-refractivity contribution >= 4 is 17.5 Å². The van der Waals surface area contributed by atoms with E-state index in [4.69, 9.17) is 0 Å². The number of hydrogen-bond acceptors (Lipinski definition) is 2. The molecule has 2 amide bonds. The monoisotopic (exact) mass is 232 g/mol. The number of anilines is 1. The molecule has 90 valence electrons. The van der Waals surface area contributed by atoms with Gasteiger partial charge >= 0.3 is 0 Å². The van der Waals surface area contributed by atoms with E-state index in [1.54, 1.807) is 4.90 Å². The van der Waals surface area contributed by atoms with E-state index >= 15 is 0 Å². The van der Waals surface area contributed by atoms with Crippen molar-refractivity contribution in [2.75, 3.05) is 11.4 Å². The highest BCUT2D eigenvalue weighted by Gasteiger charge is 2.36. The van der Waals surface area contributed by atoms with Crippen LogP contribution < -0.4 is 10.2 Å². The second-order valence-electron chi connectivity index (χ2n) is 4.13. The highest BCUT2D eigenvalue weighted by molar-refractivity contribution is 6.02. The largest absolute Gasteiger partial charge is 0.355 e. The Hall–Kier alpha value is -1.84. The van der Waals surface area contributed by atoms with Crippen molar-refractivity contribution in [3.8, 4) is 0 Å². The Morgan fingerprint density at radius 2 is 2.12 bits per heavy atom. The van der Waals surface area contributed by atoms with Crippen molar-refractivity contribution in [2.24, 2.45) is 0 Å². The van der Waals surface area contributed by atoms with Crippen LogP contribution in [0.1, 0.15) is 19.4 Å². The molecule has 0 saturated heterocycles. The number of likely N-dealkylation sites (N-methyl/N-ethyl adjacent to an activating group) is 1. The summed E-state index contributed by atoms with van der Waals surface area (Å²) in [6.45, 7) is 3.95. The summed E-state index contributed by atoms with van der Waals surface area (Å²) in [6.07, 6.45) is 0.599. The van der Waals surface area contributed by atoms with E-state index in [9.17, 15) is 9.59 Å². The number of nitrogens with one attached hydrogen (secondary N) is 1. The molecule has 2 rings (SSSR count). The van der Waals surface area contributed by atoms with E-state index < -0.39 is 6.04 Å². The molecule has 0 aliphatic carbocycles. The summed E-state index contributed by atoms with van der Waals surface area (Å²) >= 11 is 0. The molecule has 0 fully saturated rings. The third-order valence-corrected chi connectivity index (χ3v) is 2.97. The standard InChI is InChI=1S/C13H16N2O2/c1-3-14-13(17)12-8-10-6-4-5-7-11(10)15(12)9(2)16/h4-7,12H,3,8H2,1-2H3,(H,14,17). The average Bonchev–Trinajstić information content (AvgIpc) is 2.68. The van der Waals surface area contributed by atoms with E-state index in [2.05, 4.69) is 5.32 Å². The molecule has 1 aromatic rings. The van der Waals surface area contributed by atoms with Crippen LogP contribution in [-0.2, 0) is 16.0 Å². The topological polar surface area (TPSA) is 49.4 Å². The molecule has 0 bridgehead atoms. The van der Waals surface area contributed by atoms with Crippen molar-refractivity contribution in [1.29, 1.82) is 0 Å². The van der Waals surface area contributed by atoms with Gasteiger partial charge in [0.25, 0.3) is 0 Å². The summed E-state index contributed by atoms with van der Waals surface area (Å²) < 4.78 is 0. The van der Waals surface area contributed by atoms with Crippen LogP contribution in [0.15, 0.2) is 24.3 Å².